The Morgan fingerprint density at radius 2 is 2.18 bits per heavy atom. The molecule has 1 saturated carbocycles. The molecule has 0 saturated heterocycles. The molecule has 0 radical (unpaired) electrons. The highest BCUT2D eigenvalue weighted by Gasteiger charge is 2.32. The maximum atomic E-state index is 5.92. The zero-order chi connectivity index (χ0) is 12.3. The number of hydrogen-bond donors (Lipinski definition) is 2. The van der Waals surface area contributed by atoms with Crippen LogP contribution in [0.15, 0.2) is 12.3 Å². The van der Waals surface area contributed by atoms with Gasteiger partial charge in [0.15, 0.2) is 0 Å². The van der Waals surface area contributed by atoms with Crippen LogP contribution in [0.1, 0.15) is 45.6 Å². The molecule has 3 N–H and O–H groups in total. The van der Waals surface area contributed by atoms with Gasteiger partial charge in [-0.2, -0.15) is 5.10 Å². The van der Waals surface area contributed by atoms with Gasteiger partial charge >= 0.3 is 0 Å². The molecule has 0 atom stereocenters. The van der Waals surface area contributed by atoms with Gasteiger partial charge in [0.1, 0.15) is 5.82 Å². The minimum atomic E-state index is 0.307. The quantitative estimate of drug-likeness (QED) is 0.825. The average Bonchev–Trinajstić information content (AvgIpc) is 2.96. The second-order valence-corrected chi connectivity index (χ2v) is 5.54. The molecule has 4 heteroatoms. The summed E-state index contributed by atoms with van der Waals surface area (Å²) in [6.45, 7) is 6.01. The van der Waals surface area contributed by atoms with E-state index in [4.69, 9.17) is 5.73 Å². The lowest BCUT2D eigenvalue weighted by molar-refractivity contribution is 0.331. The van der Waals surface area contributed by atoms with Crippen molar-refractivity contribution in [2.24, 2.45) is 11.1 Å². The first kappa shape index (κ1) is 12.4. The minimum Gasteiger partial charge on any atom is -0.368 e. The molecule has 1 aromatic heterocycles. The third kappa shape index (κ3) is 2.80. The third-order valence-electron chi connectivity index (χ3n) is 3.88. The van der Waals surface area contributed by atoms with Crippen LogP contribution in [0.5, 0.6) is 0 Å². The van der Waals surface area contributed by atoms with Gasteiger partial charge in [-0.15, -0.1) is 0 Å². The smallest absolute Gasteiger partial charge is 0.148 e. The molecule has 0 bridgehead atoms. The molecular formula is C13H24N4. The maximum absolute atomic E-state index is 5.92. The van der Waals surface area contributed by atoms with E-state index < -0.39 is 0 Å². The van der Waals surface area contributed by atoms with Crippen LogP contribution < -0.4 is 11.1 Å². The van der Waals surface area contributed by atoms with Crippen LogP contribution in [0.2, 0.25) is 0 Å². The number of nitrogens with two attached hydrogens (primary N) is 1. The Kier molecular flexibility index (Phi) is 3.72. The summed E-state index contributed by atoms with van der Waals surface area (Å²) in [5.41, 5.74) is 6.23. The summed E-state index contributed by atoms with van der Waals surface area (Å²) in [6, 6.07) is 2.46. The summed E-state index contributed by atoms with van der Waals surface area (Å²) in [6.07, 6.45) is 7.16. The molecule has 1 aliphatic rings. The monoisotopic (exact) mass is 236 g/mol. The van der Waals surface area contributed by atoms with Crippen molar-refractivity contribution in [1.29, 1.82) is 0 Å². The molecule has 0 aliphatic heterocycles. The van der Waals surface area contributed by atoms with Gasteiger partial charge in [0.05, 0.1) is 0 Å². The lowest BCUT2D eigenvalue weighted by atomic mass is 9.86. The fraction of sp³-hybridized carbons (Fsp3) is 0.769. The highest BCUT2D eigenvalue weighted by molar-refractivity contribution is 5.32. The van der Waals surface area contributed by atoms with Crippen LogP contribution >= 0.6 is 0 Å². The number of nitrogens with one attached hydrogen (secondary N) is 1. The summed E-state index contributed by atoms with van der Waals surface area (Å²) in [7, 11) is 0. The topological polar surface area (TPSA) is 55.9 Å². The molecule has 96 valence electrons. The molecule has 1 heterocycles. The van der Waals surface area contributed by atoms with E-state index in [9.17, 15) is 0 Å². The molecule has 4 nitrogen and oxygen atoms in total. The molecule has 1 aliphatic carbocycles. The Hall–Kier alpha value is -1.03. The van der Waals surface area contributed by atoms with E-state index in [0.29, 0.717) is 11.5 Å². The van der Waals surface area contributed by atoms with Crippen LogP contribution in [-0.4, -0.2) is 22.9 Å². The first-order valence-corrected chi connectivity index (χ1v) is 6.64. The van der Waals surface area contributed by atoms with Crippen molar-refractivity contribution >= 4 is 5.82 Å². The zero-order valence-corrected chi connectivity index (χ0v) is 10.9. The predicted octanol–water partition coefficient (Wildman–Crippen LogP) is 2.40. The van der Waals surface area contributed by atoms with Crippen LogP contribution in [0.25, 0.3) is 0 Å². The second-order valence-electron chi connectivity index (χ2n) is 5.54. The first-order chi connectivity index (χ1) is 8.15. The molecule has 1 fully saturated rings. The van der Waals surface area contributed by atoms with E-state index in [1.165, 1.54) is 25.7 Å². The Labute approximate surface area is 104 Å². The lowest BCUT2D eigenvalue weighted by Gasteiger charge is -2.27. The number of nitrogens with zero attached hydrogens (tertiary/aromatic N) is 2. The number of hydrogen-bond acceptors (Lipinski definition) is 3. The molecule has 17 heavy (non-hydrogen) atoms. The van der Waals surface area contributed by atoms with E-state index >= 15 is 0 Å². The largest absolute Gasteiger partial charge is 0.368 e. The highest BCUT2D eigenvalue weighted by atomic mass is 15.3. The average molecular weight is 236 g/mol. The van der Waals surface area contributed by atoms with E-state index in [1.54, 1.807) is 0 Å². The Morgan fingerprint density at radius 3 is 2.71 bits per heavy atom. The number of rotatable bonds is 5. The Bertz CT molecular complexity index is 350. The molecule has 0 unspecified atom stereocenters. The van der Waals surface area contributed by atoms with E-state index in [2.05, 4.69) is 24.3 Å². The van der Waals surface area contributed by atoms with Crippen molar-refractivity contribution in [1.82, 2.24) is 9.78 Å². The van der Waals surface area contributed by atoms with Crippen LogP contribution in [0.3, 0.4) is 0 Å². The van der Waals surface area contributed by atoms with E-state index in [-0.39, 0.29) is 0 Å². The van der Waals surface area contributed by atoms with Crippen molar-refractivity contribution in [2.45, 2.75) is 45.6 Å². The fourth-order valence-corrected chi connectivity index (χ4v) is 2.58. The SMILES string of the molecule is CC(C)n1ccc(NCC2(CN)CCCC2)n1. The molecule has 2 rings (SSSR count). The van der Waals surface area contributed by atoms with Gasteiger partial charge in [0, 0.05) is 24.8 Å². The van der Waals surface area contributed by atoms with Gasteiger partial charge < -0.3 is 11.1 Å². The van der Waals surface area contributed by atoms with Crippen molar-refractivity contribution in [3.05, 3.63) is 12.3 Å². The van der Waals surface area contributed by atoms with Crippen molar-refractivity contribution in [3.63, 3.8) is 0 Å². The molecule has 0 aromatic carbocycles. The fourth-order valence-electron chi connectivity index (χ4n) is 2.58. The predicted molar refractivity (Wildman–Crippen MR) is 71.1 cm³/mol. The number of anilines is 1. The molecule has 1 aromatic rings. The molecule has 0 amide bonds. The minimum absolute atomic E-state index is 0.307. The van der Waals surface area contributed by atoms with Gasteiger partial charge in [-0.1, -0.05) is 12.8 Å². The zero-order valence-electron chi connectivity index (χ0n) is 10.9. The van der Waals surface area contributed by atoms with E-state index in [1.807, 2.05) is 16.9 Å². The molecular weight excluding hydrogens is 212 g/mol. The van der Waals surface area contributed by atoms with Crippen molar-refractivity contribution in [3.8, 4) is 0 Å². The first-order valence-electron chi connectivity index (χ1n) is 6.64. The van der Waals surface area contributed by atoms with Crippen molar-refractivity contribution < 1.29 is 0 Å². The summed E-state index contributed by atoms with van der Waals surface area (Å²) in [5, 5.41) is 7.94. The summed E-state index contributed by atoms with van der Waals surface area (Å²) < 4.78 is 1.98. The van der Waals surface area contributed by atoms with Crippen LogP contribution in [0.4, 0.5) is 5.82 Å². The molecule has 0 spiro atoms. The van der Waals surface area contributed by atoms with Gasteiger partial charge in [-0.3, -0.25) is 4.68 Å². The van der Waals surface area contributed by atoms with Crippen LogP contribution in [-0.2, 0) is 0 Å². The summed E-state index contributed by atoms with van der Waals surface area (Å²) in [4.78, 5) is 0. The standard InChI is InChI=1S/C13H24N4/c1-11(2)17-8-5-12(16-17)15-10-13(9-14)6-3-4-7-13/h5,8,11H,3-4,6-7,9-10,14H2,1-2H3,(H,15,16). The normalized spacial score (nSPS) is 18.8. The Balaban J connectivity index is 1.92. The maximum Gasteiger partial charge on any atom is 0.148 e. The van der Waals surface area contributed by atoms with Gasteiger partial charge in [-0.05, 0) is 38.6 Å². The number of aromatic nitrogens is 2. The third-order valence-corrected chi connectivity index (χ3v) is 3.88. The summed E-state index contributed by atoms with van der Waals surface area (Å²) in [5.74, 6) is 0.971. The Morgan fingerprint density at radius 1 is 1.47 bits per heavy atom. The highest BCUT2D eigenvalue weighted by Crippen LogP contribution is 2.37. The van der Waals surface area contributed by atoms with Gasteiger partial charge in [0.2, 0.25) is 0 Å². The van der Waals surface area contributed by atoms with Gasteiger partial charge in [-0.25, -0.2) is 0 Å². The second kappa shape index (κ2) is 5.08. The van der Waals surface area contributed by atoms with Crippen LogP contribution in [0, 0.1) is 5.41 Å². The van der Waals surface area contributed by atoms with Crippen molar-refractivity contribution in [2.75, 3.05) is 18.4 Å². The lowest BCUT2D eigenvalue weighted by Crippen LogP contribution is -2.34. The van der Waals surface area contributed by atoms with Gasteiger partial charge in [0.25, 0.3) is 0 Å². The van der Waals surface area contributed by atoms with E-state index in [0.717, 1.165) is 18.9 Å². The summed E-state index contributed by atoms with van der Waals surface area (Å²) >= 11 is 0.